The van der Waals surface area contributed by atoms with Crippen molar-refractivity contribution < 1.29 is 24.3 Å². The van der Waals surface area contributed by atoms with Gasteiger partial charge in [-0.1, -0.05) is 0 Å². The molecule has 0 spiro atoms. The van der Waals surface area contributed by atoms with Crippen molar-refractivity contribution in [2.75, 3.05) is 17.2 Å². The standard InChI is InChI=1S/C14H14N2O5S2/c1-8(18)16(9-3-2-4-22-9)10-11(19)15-5-14(6-17,13(20)21)7-23-12(10)15/h2-4,6,10,12H,5,7H2,1H3,(H,20,21)/t10?,12-,14?/m1/s1. The van der Waals surface area contributed by atoms with Crippen LogP contribution in [-0.2, 0) is 19.2 Å². The molecule has 0 radical (unpaired) electrons. The highest BCUT2D eigenvalue weighted by Gasteiger charge is 2.59. The topological polar surface area (TPSA) is 95.0 Å². The maximum absolute atomic E-state index is 12.5. The average molecular weight is 354 g/mol. The van der Waals surface area contributed by atoms with Gasteiger partial charge >= 0.3 is 5.97 Å². The first kappa shape index (κ1) is 16.0. The highest BCUT2D eigenvalue weighted by molar-refractivity contribution is 8.00. The van der Waals surface area contributed by atoms with Crippen molar-refractivity contribution in [3.8, 4) is 0 Å². The summed E-state index contributed by atoms with van der Waals surface area (Å²) in [5.41, 5.74) is -1.56. The van der Waals surface area contributed by atoms with Gasteiger partial charge in [0, 0.05) is 19.2 Å². The summed E-state index contributed by atoms with van der Waals surface area (Å²) in [4.78, 5) is 49.9. The second kappa shape index (κ2) is 5.64. The largest absolute Gasteiger partial charge is 0.480 e. The lowest BCUT2D eigenvalue weighted by Crippen LogP contribution is -2.74. The van der Waals surface area contributed by atoms with Crippen molar-refractivity contribution in [3.63, 3.8) is 0 Å². The summed E-state index contributed by atoms with van der Waals surface area (Å²) in [7, 11) is 0. The molecule has 0 bridgehead atoms. The summed E-state index contributed by atoms with van der Waals surface area (Å²) < 4.78 is 0. The van der Waals surface area contributed by atoms with E-state index in [1.165, 1.54) is 39.8 Å². The second-order valence-electron chi connectivity index (χ2n) is 5.53. The van der Waals surface area contributed by atoms with Gasteiger partial charge in [0.15, 0.2) is 0 Å². The molecule has 9 heteroatoms. The van der Waals surface area contributed by atoms with Gasteiger partial charge in [-0.3, -0.25) is 19.3 Å². The number of hydrogen-bond acceptors (Lipinski definition) is 6. The van der Waals surface area contributed by atoms with Crippen molar-refractivity contribution in [2.24, 2.45) is 5.41 Å². The number of aldehydes is 1. The van der Waals surface area contributed by atoms with E-state index in [1.807, 2.05) is 5.38 Å². The molecule has 2 aliphatic rings. The molecular formula is C14H14N2O5S2. The predicted molar refractivity (Wildman–Crippen MR) is 85.4 cm³/mol. The molecular weight excluding hydrogens is 340 g/mol. The number of thiophene rings is 1. The van der Waals surface area contributed by atoms with Gasteiger partial charge in [0.05, 0.1) is 5.00 Å². The Labute approximate surface area is 140 Å². The minimum atomic E-state index is -1.56. The minimum Gasteiger partial charge on any atom is -0.480 e. The third kappa shape index (κ3) is 2.34. The number of β-lactam (4-membered cyclic amide) rings is 1. The number of anilines is 1. The lowest BCUT2D eigenvalue weighted by molar-refractivity contribution is -0.158. The molecule has 0 aliphatic carbocycles. The SMILES string of the molecule is CC(=O)N(c1cccs1)C1C(=O)N2CC(C=O)(C(=O)O)CS[C@H]12. The van der Waals surface area contributed by atoms with Gasteiger partial charge in [-0.15, -0.1) is 23.1 Å². The van der Waals surface area contributed by atoms with E-state index in [0.29, 0.717) is 11.3 Å². The molecule has 1 aromatic heterocycles. The molecule has 2 aliphatic heterocycles. The van der Waals surface area contributed by atoms with E-state index in [9.17, 15) is 24.3 Å². The van der Waals surface area contributed by atoms with Crippen LogP contribution in [0.1, 0.15) is 6.92 Å². The van der Waals surface area contributed by atoms with E-state index < -0.39 is 17.4 Å². The third-order valence-corrected chi connectivity index (χ3v) is 6.49. The van der Waals surface area contributed by atoms with E-state index in [4.69, 9.17) is 0 Å². The summed E-state index contributed by atoms with van der Waals surface area (Å²) in [6, 6.07) is 2.92. The monoisotopic (exact) mass is 354 g/mol. The van der Waals surface area contributed by atoms with Gasteiger partial charge < -0.3 is 14.8 Å². The molecule has 1 N–H and O–H groups in total. The van der Waals surface area contributed by atoms with E-state index in [1.54, 1.807) is 12.1 Å². The van der Waals surface area contributed by atoms with Crippen LogP contribution in [0.25, 0.3) is 0 Å². The number of hydrogen-bond donors (Lipinski definition) is 1. The Kier molecular flexibility index (Phi) is 3.93. The van der Waals surface area contributed by atoms with Crippen LogP contribution in [0.2, 0.25) is 0 Å². The van der Waals surface area contributed by atoms with Crippen molar-refractivity contribution in [3.05, 3.63) is 17.5 Å². The smallest absolute Gasteiger partial charge is 0.319 e. The number of carboxylic acid groups (broad SMARTS) is 1. The van der Waals surface area contributed by atoms with Crippen LogP contribution in [0, 0.1) is 5.41 Å². The van der Waals surface area contributed by atoms with E-state index in [0.717, 1.165) is 0 Å². The zero-order chi connectivity index (χ0) is 16.8. The highest BCUT2D eigenvalue weighted by atomic mass is 32.2. The molecule has 2 saturated heterocycles. The molecule has 1 aromatic rings. The van der Waals surface area contributed by atoms with Crippen LogP contribution in [0.5, 0.6) is 0 Å². The molecule has 7 nitrogen and oxygen atoms in total. The Morgan fingerprint density at radius 2 is 2.26 bits per heavy atom. The number of carbonyl (C=O) groups is 4. The fourth-order valence-electron chi connectivity index (χ4n) is 2.82. The van der Waals surface area contributed by atoms with Crippen molar-refractivity contribution >= 4 is 52.2 Å². The van der Waals surface area contributed by atoms with Crippen LogP contribution in [0.15, 0.2) is 17.5 Å². The molecule has 3 atom stereocenters. The number of nitrogens with zero attached hydrogens (tertiary/aromatic N) is 2. The van der Waals surface area contributed by atoms with E-state index >= 15 is 0 Å². The molecule has 122 valence electrons. The molecule has 23 heavy (non-hydrogen) atoms. The van der Waals surface area contributed by atoms with Crippen LogP contribution in [-0.4, -0.2) is 57.8 Å². The van der Waals surface area contributed by atoms with Gasteiger partial charge in [0.1, 0.15) is 23.1 Å². The first-order valence-corrected chi connectivity index (χ1v) is 8.79. The molecule has 2 amide bonds. The molecule has 0 saturated carbocycles. The molecule has 2 fully saturated rings. The lowest BCUT2D eigenvalue weighted by Gasteiger charge is -2.54. The van der Waals surface area contributed by atoms with Crippen LogP contribution in [0.4, 0.5) is 5.00 Å². The maximum Gasteiger partial charge on any atom is 0.319 e. The van der Waals surface area contributed by atoms with Gasteiger partial charge in [0.2, 0.25) is 11.8 Å². The predicted octanol–water partition coefficient (Wildman–Crippen LogP) is 0.655. The van der Waals surface area contributed by atoms with Crippen LogP contribution < -0.4 is 4.90 Å². The number of thioether (sulfide) groups is 1. The van der Waals surface area contributed by atoms with Crippen LogP contribution >= 0.6 is 23.1 Å². The Morgan fingerprint density at radius 1 is 1.52 bits per heavy atom. The van der Waals surface area contributed by atoms with Gasteiger partial charge in [-0.05, 0) is 17.5 Å². The fourth-order valence-corrected chi connectivity index (χ4v) is 5.16. The minimum absolute atomic E-state index is 0.0902. The second-order valence-corrected chi connectivity index (χ2v) is 7.56. The van der Waals surface area contributed by atoms with Gasteiger partial charge in [-0.25, -0.2) is 0 Å². The number of amides is 2. The molecule has 0 aromatic carbocycles. The zero-order valence-electron chi connectivity index (χ0n) is 12.2. The van der Waals surface area contributed by atoms with Crippen LogP contribution in [0.3, 0.4) is 0 Å². The number of carboxylic acids is 1. The fraction of sp³-hybridized carbons (Fsp3) is 0.429. The number of rotatable bonds is 4. The first-order chi connectivity index (χ1) is 10.9. The Bertz CT molecular complexity index is 677. The molecule has 2 unspecified atom stereocenters. The summed E-state index contributed by atoms with van der Waals surface area (Å²) in [5, 5.41) is 11.5. The number of fused-ring (bicyclic) bond motifs is 1. The molecule has 3 heterocycles. The summed E-state index contributed by atoms with van der Waals surface area (Å²) in [6.45, 7) is 1.26. The molecule has 3 rings (SSSR count). The zero-order valence-corrected chi connectivity index (χ0v) is 13.8. The highest BCUT2D eigenvalue weighted by Crippen LogP contribution is 2.44. The van der Waals surface area contributed by atoms with Crippen molar-refractivity contribution in [1.29, 1.82) is 0 Å². The quantitative estimate of drug-likeness (QED) is 0.485. The van der Waals surface area contributed by atoms with E-state index in [2.05, 4.69) is 0 Å². The average Bonchev–Trinajstić information content (AvgIpc) is 3.04. The third-order valence-electron chi connectivity index (χ3n) is 4.09. The Morgan fingerprint density at radius 3 is 2.78 bits per heavy atom. The lowest BCUT2D eigenvalue weighted by atomic mass is 9.88. The number of carbonyl (C=O) groups excluding carboxylic acids is 3. The maximum atomic E-state index is 12.5. The van der Waals surface area contributed by atoms with Crippen molar-refractivity contribution in [1.82, 2.24) is 4.90 Å². The number of aliphatic carboxylic acids is 1. The van der Waals surface area contributed by atoms with Gasteiger partial charge in [0.25, 0.3) is 0 Å². The van der Waals surface area contributed by atoms with E-state index in [-0.39, 0.29) is 29.5 Å². The Hall–Kier alpha value is -1.87. The summed E-state index contributed by atoms with van der Waals surface area (Å²) >= 11 is 2.59. The van der Waals surface area contributed by atoms with Crippen molar-refractivity contribution in [2.45, 2.75) is 18.3 Å². The normalized spacial score (nSPS) is 29.4. The van der Waals surface area contributed by atoms with Gasteiger partial charge in [-0.2, -0.15) is 0 Å². The first-order valence-electron chi connectivity index (χ1n) is 6.86. The summed E-state index contributed by atoms with van der Waals surface area (Å²) in [6.07, 6.45) is 0.404. The summed E-state index contributed by atoms with van der Waals surface area (Å²) in [5.74, 6) is -1.70. The Balaban J connectivity index is 1.85.